The van der Waals surface area contributed by atoms with E-state index in [2.05, 4.69) is 31.6 Å². The van der Waals surface area contributed by atoms with Gasteiger partial charge in [0.15, 0.2) is 23.1 Å². The van der Waals surface area contributed by atoms with Crippen LogP contribution in [-0.2, 0) is 60.8 Å². The van der Waals surface area contributed by atoms with Crippen LogP contribution in [0.15, 0.2) is 77.4 Å². The van der Waals surface area contributed by atoms with Crippen LogP contribution >= 0.6 is 0 Å². The van der Waals surface area contributed by atoms with E-state index in [1.54, 1.807) is 80.7 Å². The number of rotatable bonds is 37. The maximum Gasteiger partial charge on any atom is 0.326 e. The number of hydrogen-bond donors (Lipinski definition) is 9. The van der Waals surface area contributed by atoms with Gasteiger partial charge in [-0.2, -0.15) is 0 Å². The minimum Gasteiger partial charge on any atom is -0.480 e. The Bertz CT molecular complexity index is 2420. The highest BCUT2D eigenvalue weighted by atomic mass is 16.4. The van der Waals surface area contributed by atoms with Crippen LogP contribution in [0.4, 0.5) is 0 Å². The van der Waals surface area contributed by atoms with Crippen LogP contribution in [0.25, 0.3) is 0 Å². The molecule has 2 aliphatic rings. The van der Waals surface area contributed by atoms with Gasteiger partial charge in [0.2, 0.25) is 29.5 Å². The zero-order chi connectivity index (χ0) is 57.3. The van der Waals surface area contributed by atoms with Gasteiger partial charge in [0.25, 0.3) is 0 Å². The predicted molar refractivity (Wildman–Crippen MR) is 293 cm³/mol. The number of primary amides is 1. The van der Waals surface area contributed by atoms with Crippen LogP contribution < -0.4 is 38.1 Å². The first kappa shape index (κ1) is 63.8. The molecule has 0 spiro atoms. The minimum atomic E-state index is -1.43. The number of nitrogens with zero attached hydrogens (tertiary/aromatic N) is 1. The highest BCUT2D eigenvalue weighted by Gasteiger charge is 2.37. The van der Waals surface area contributed by atoms with Crippen molar-refractivity contribution in [3.8, 4) is 0 Å². The van der Waals surface area contributed by atoms with E-state index in [-0.39, 0.29) is 68.7 Å². The Hall–Kier alpha value is -6.77. The van der Waals surface area contributed by atoms with Gasteiger partial charge in [0.1, 0.15) is 6.04 Å². The van der Waals surface area contributed by atoms with Gasteiger partial charge in [-0.1, -0.05) is 88.4 Å². The van der Waals surface area contributed by atoms with Crippen molar-refractivity contribution >= 4 is 64.9 Å². The quantitative estimate of drug-likeness (QED) is 0.0440. The lowest BCUT2D eigenvalue weighted by Gasteiger charge is -2.27. The summed E-state index contributed by atoms with van der Waals surface area (Å²) >= 11 is 0. The first-order chi connectivity index (χ1) is 37.2. The normalized spacial score (nSPS) is 17.1. The average molecular weight is 1080 g/mol. The minimum absolute atomic E-state index is 0.0216. The molecule has 5 amide bonds. The van der Waals surface area contributed by atoms with E-state index in [9.17, 15) is 58.2 Å². The van der Waals surface area contributed by atoms with E-state index < -0.39 is 133 Å². The fourth-order valence-corrected chi connectivity index (χ4v) is 9.78. The largest absolute Gasteiger partial charge is 0.480 e. The Balaban J connectivity index is 1.58. The molecule has 9 unspecified atom stereocenters. The SMILES string of the molecule is CC(C)CC(NC(=O)C(CC(=O)C(CCCCN)NC(=O)C(CC(=O)C(CC(N)=O)NC(=O)C(CC(=O)C1CCCN1)C(C)C)Cc1ccccc1)Cc1ccccc1)C(=O)CC(CO)C(=O)NC(CC1=CN=CC1)C(=O)O. The number of aliphatic hydroxyl groups excluding tert-OH is 1. The third-order valence-corrected chi connectivity index (χ3v) is 14.3. The van der Waals surface area contributed by atoms with Crippen molar-refractivity contribution in [2.45, 2.75) is 154 Å². The first-order valence-electron chi connectivity index (χ1n) is 27.3. The molecule has 0 radical (unpaired) electrons. The number of unbranched alkanes of at least 4 members (excludes halogenated alkanes) is 1. The Morgan fingerprint density at radius 2 is 1.18 bits per heavy atom. The van der Waals surface area contributed by atoms with Crippen molar-refractivity contribution in [1.29, 1.82) is 0 Å². The lowest BCUT2D eigenvalue weighted by atomic mass is 9.86. The number of ketones is 4. The van der Waals surface area contributed by atoms with Gasteiger partial charge in [0, 0.05) is 68.7 Å². The van der Waals surface area contributed by atoms with Crippen molar-refractivity contribution in [3.63, 3.8) is 0 Å². The summed E-state index contributed by atoms with van der Waals surface area (Å²) in [5.74, 6) is -11.7. The Kier molecular flexibility index (Phi) is 26.9. The van der Waals surface area contributed by atoms with E-state index in [1.165, 1.54) is 6.20 Å². The molecule has 2 heterocycles. The number of carboxylic acid groups (broad SMARTS) is 1. The van der Waals surface area contributed by atoms with E-state index in [0.29, 0.717) is 48.9 Å². The standard InChI is InChI=1S/C58H82N8O12/c1-35(2)24-46(51(70)30-42(34-67)56(75)66-48(58(77)78)27-39-20-23-61-33-39)64-55(74)40(25-37-14-7-5-8-15-37)28-49(68)45(18-11-12-21-59)63-54(73)41(26-38-16-9-6-10-17-38)29-50(69)47(32-53(60)72)65-57(76)43(36(3)4)31-52(71)44-19-13-22-62-44/h5-10,14-17,23,33,35-36,40-48,62,67H,11-13,18-22,24-32,34,59H2,1-4H3,(H2,60,72)(H,63,73)(H,64,74)(H,65,76)(H,66,75)(H,77,78). The molecule has 20 nitrogen and oxygen atoms in total. The highest BCUT2D eigenvalue weighted by molar-refractivity contribution is 5.99. The summed E-state index contributed by atoms with van der Waals surface area (Å²) in [5.41, 5.74) is 13.5. The summed E-state index contributed by atoms with van der Waals surface area (Å²) in [7, 11) is 0. The molecular weight excluding hydrogens is 1000 g/mol. The second kappa shape index (κ2) is 32.8. The van der Waals surface area contributed by atoms with Gasteiger partial charge in [-0.15, -0.1) is 0 Å². The summed E-state index contributed by atoms with van der Waals surface area (Å²) in [5, 5.41) is 34.1. The Labute approximate surface area is 457 Å². The summed E-state index contributed by atoms with van der Waals surface area (Å²) in [6.45, 7) is 7.41. The predicted octanol–water partition coefficient (Wildman–Crippen LogP) is 3.00. The fourth-order valence-electron chi connectivity index (χ4n) is 9.78. The molecule has 2 aromatic rings. The molecule has 2 aromatic carbocycles. The van der Waals surface area contributed by atoms with Gasteiger partial charge in [-0.3, -0.25) is 48.1 Å². The van der Waals surface area contributed by atoms with E-state index in [4.69, 9.17) is 11.5 Å². The zero-order valence-electron chi connectivity index (χ0n) is 45.6. The van der Waals surface area contributed by atoms with Crippen LogP contribution in [0.5, 0.6) is 0 Å². The second-order valence-corrected chi connectivity index (χ2v) is 21.5. The molecule has 9 atom stereocenters. The molecule has 0 aliphatic carbocycles. The Morgan fingerprint density at radius 3 is 1.67 bits per heavy atom. The smallest absolute Gasteiger partial charge is 0.326 e. The van der Waals surface area contributed by atoms with Gasteiger partial charge in [0.05, 0.1) is 43.1 Å². The third-order valence-electron chi connectivity index (χ3n) is 14.3. The molecule has 1 fully saturated rings. The van der Waals surface area contributed by atoms with E-state index >= 15 is 0 Å². The lowest BCUT2D eigenvalue weighted by molar-refractivity contribution is -0.143. The van der Waals surface area contributed by atoms with E-state index in [1.807, 2.05) is 13.8 Å². The number of Topliss-reactive ketones (excluding diaryl/α,β-unsaturated/α-hetero) is 4. The molecule has 1 saturated heterocycles. The second-order valence-electron chi connectivity index (χ2n) is 21.5. The summed E-state index contributed by atoms with van der Waals surface area (Å²) in [6.07, 6.45) is 4.13. The maximum absolute atomic E-state index is 14.7. The van der Waals surface area contributed by atoms with Crippen molar-refractivity contribution in [2.24, 2.45) is 52.0 Å². The van der Waals surface area contributed by atoms with Crippen LogP contribution in [0.1, 0.15) is 122 Å². The monoisotopic (exact) mass is 1080 g/mol. The number of aliphatic imine (C=N–C) groups is 1. The third kappa shape index (κ3) is 21.6. The van der Waals surface area contributed by atoms with Gasteiger partial charge in [-0.05, 0) is 93.0 Å². The molecule has 426 valence electrons. The van der Waals surface area contributed by atoms with Crippen LogP contribution in [0, 0.1) is 35.5 Å². The van der Waals surface area contributed by atoms with Crippen LogP contribution in [0.2, 0.25) is 0 Å². The van der Waals surface area contributed by atoms with Crippen molar-refractivity contribution in [2.75, 3.05) is 19.7 Å². The summed E-state index contributed by atoms with van der Waals surface area (Å²) < 4.78 is 0. The number of nitrogens with two attached hydrogens (primary N) is 2. The average Bonchev–Trinajstić information content (AvgIpc) is 4.14. The molecule has 0 aromatic heterocycles. The number of amides is 5. The fraction of sp³-hybridized carbons (Fsp3) is 0.569. The number of aliphatic hydroxyl groups is 1. The number of hydrogen-bond acceptors (Lipinski definition) is 14. The number of aliphatic carboxylic acids is 1. The molecule has 11 N–H and O–H groups in total. The molecule has 4 rings (SSSR count). The molecule has 0 bridgehead atoms. The van der Waals surface area contributed by atoms with Crippen LogP contribution in [0.3, 0.4) is 0 Å². The van der Waals surface area contributed by atoms with Crippen molar-refractivity contribution in [3.05, 3.63) is 83.6 Å². The topological polar surface area (TPSA) is 336 Å². The molecule has 2 aliphatic heterocycles. The zero-order valence-corrected chi connectivity index (χ0v) is 45.6. The number of carboxylic acids is 1. The number of nitrogens with one attached hydrogen (secondary N) is 5. The van der Waals surface area contributed by atoms with Crippen molar-refractivity contribution < 1.29 is 58.2 Å². The number of benzene rings is 2. The van der Waals surface area contributed by atoms with Gasteiger partial charge in [-0.25, -0.2) is 4.79 Å². The number of carbonyl (C=O) groups excluding carboxylic acids is 9. The number of carbonyl (C=O) groups is 10. The first-order valence-corrected chi connectivity index (χ1v) is 27.3. The lowest BCUT2D eigenvalue weighted by Crippen LogP contribution is -2.50. The molecule has 78 heavy (non-hydrogen) atoms. The van der Waals surface area contributed by atoms with Gasteiger partial charge < -0.3 is 48.3 Å². The molecule has 0 saturated carbocycles. The molecule has 20 heteroatoms. The summed E-state index contributed by atoms with van der Waals surface area (Å²) in [4.78, 5) is 141. The highest BCUT2D eigenvalue weighted by Crippen LogP contribution is 2.24. The van der Waals surface area contributed by atoms with Crippen molar-refractivity contribution in [1.82, 2.24) is 26.6 Å². The maximum atomic E-state index is 14.7. The Morgan fingerprint density at radius 1 is 0.654 bits per heavy atom. The van der Waals surface area contributed by atoms with Gasteiger partial charge >= 0.3 is 5.97 Å². The summed E-state index contributed by atoms with van der Waals surface area (Å²) in [6, 6.07) is 12.2. The van der Waals surface area contributed by atoms with E-state index in [0.717, 1.165) is 6.42 Å². The molecular formula is C58H82N8O12. The van der Waals surface area contributed by atoms with Crippen LogP contribution in [-0.4, -0.2) is 125 Å².